The van der Waals surface area contributed by atoms with Crippen LogP contribution in [0.5, 0.6) is 0 Å². The molecular weight excluding hydrogens is 410 g/mol. The summed E-state index contributed by atoms with van der Waals surface area (Å²) in [5, 5.41) is 13.6. The number of Topliss-reactive ketones (excluding diaryl/α,β-unsaturated/α-hetero) is 1. The number of nitro groups is 1. The zero-order chi connectivity index (χ0) is 20.9. The maximum absolute atomic E-state index is 12.2. The summed E-state index contributed by atoms with van der Waals surface area (Å²) in [6.07, 6.45) is 0. The molecule has 10 nitrogen and oxygen atoms in total. The van der Waals surface area contributed by atoms with E-state index in [1.165, 1.54) is 24.5 Å². The molecule has 1 aromatic carbocycles. The first-order valence-corrected chi connectivity index (χ1v) is 10.1. The average Bonchev–Trinajstić information content (AvgIpc) is 3.10. The first kappa shape index (κ1) is 21.5. The van der Waals surface area contributed by atoms with Crippen LogP contribution >= 0.6 is 11.3 Å². The molecule has 1 heterocycles. The van der Waals surface area contributed by atoms with Crippen molar-refractivity contribution in [1.29, 1.82) is 0 Å². The maximum Gasteiger partial charge on any atom is 0.321 e. The lowest BCUT2D eigenvalue weighted by Crippen LogP contribution is -2.31. The van der Waals surface area contributed by atoms with Crippen LogP contribution in [0, 0.1) is 17.0 Å². The molecule has 150 valence electrons. The Morgan fingerprint density at radius 3 is 2.54 bits per heavy atom. The number of nitrogens with one attached hydrogen (secondary N) is 2. The summed E-state index contributed by atoms with van der Waals surface area (Å²) in [5.74, 6) is -1.35. The number of sulfonamides is 1. The Kier molecular flexibility index (Phi) is 6.83. The molecule has 0 spiro atoms. The fourth-order valence-corrected chi connectivity index (χ4v) is 3.91. The van der Waals surface area contributed by atoms with Crippen LogP contribution < -0.4 is 10.0 Å². The Morgan fingerprint density at radius 2 is 1.96 bits per heavy atom. The second-order valence-electron chi connectivity index (χ2n) is 5.50. The SMILES string of the molecule is CNc1ccc(S(=O)(=O)NCC(=O)OCC(=O)c2ccc(C)s2)cc1[N+](=O)[O-]. The van der Waals surface area contributed by atoms with Crippen LogP contribution in [-0.4, -0.2) is 45.3 Å². The molecule has 0 aliphatic rings. The normalized spacial score (nSPS) is 11.1. The van der Waals surface area contributed by atoms with E-state index in [4.69, 9.17) is 4.74 Å². The highest BCUT2D eigenvalue weighted by Crippen LogP contribution is 2.26. The number of carbonyl (C=O) groups is 2. The van der Waals surface area contributed by atoms with Crippen molar-refractivity contribution in [1.82, 2.24) is 4.72 Å². The van der Waals surface area contributed by atoms with Crippen LogP contribution in [0.15, 0.2) is 35.2 Å². The van der Waals surface area contributed by atoms with Gasteiger partial charge in [0, 0.05) is 18.0 Å². The molecule has 0 amide bonds. The van der Waals surface area contributed by atoms with E-state index in [0.717, 1.165) is 17.0 Å². The minimum atomic E-state index is -4.19. The molecule has 0 unspecified atom stereocenters. The molecule has 0 bridgehead atoms. The first-order valence-electron chi connectivity index (χ1n) is 7.85. The zero-order valence-electron chi connectivity index (χ0n) is 14.9. The summed E-state index contributed by atoms with van der Waals surface area (Å²) in [6.45, 7) is 0.596. The quantitative estimate of drug-likeness (QED) is 0.266. The van der Waals surface area contributed by atoms with Gasteiger partial charge in [-0.25, -0.2) is 8.42 Å². The summed E-state index contributed by atoms with van der Waals surface area (Å²) in [4.78, 5) is 34.9. The van der Waals surface area contributed by atoms with Gasteiger partial charge < -0.3 is 10.1 Å². The van der Waals surface area contributed by atoms with Gasteiger partial charge in [-0.1, -0.05) is 0 Å². The van der Waals surface area contributed by atoms with Crippen molar-refractivity contribution < 1.29 is 27.7 Å². The van der Waals surface area contributed by atoms with Crippen molar-refractivity contribution in [2.24, 2.45) is 0 Å². The minimum Gasteiger partial charge on any atom is -0.456 e. The Morgan fingerprint density at radius 1 is 1.25 bits per heavy atom. The number of nitrogens with zero attached hydrogens (tertiary/aromatic N) is 1. The second kappa shape index (κ2) is 8.91. The van der Waals surface area contributed by atoms with Gasteiger partial charge in [-0.15, -0.1) is 11.3 Å². The average molecular weight is 427 g/mol. The summed E-state index contributed by atoms with van der Waals surface area (Å²) >= 11 is 1.26. The standard InChI is InChI=1S/C16H17N3O7S2/c1-10-3-6-15(27-10)14(20)9-26-16(21)8-18-28(24,25)11-4-5-12(17-2)13(7-11)19(22)23/h3-7,17-18H,8-9H2,1-2H3. The van der Waals surface area contributed by atoms with Crippen LogP contribution in [-0.2, 0) is 19.6 Å². The number of esters is 1. The predicted molar refractivity (Wildman–Crippen MR) is 102 cm³/mol. The molecule has 0 saturated carbocycles. The van der Waals surface area contributed by atoms with Crippen LogP contribution in [0.1, 0.15) is 14.5 Å². The Balaban J connectivity index is 1.97. The molecule has 0 atom stereocenters. The lowest BCUT2D eigenvalue weighted by atomic mass is 10.3. The van der Waals surface area contributed by atoms with Gasteiger partial charge in [0.05, 0.1) is 14.7 Å². The van der Waals surface area contributed by atoms with Crippen LogP contribution in [0.2, 0.25) is 0 Å². The van der Waals surface area contributed by atoms with Crippen molar-refractivity contribution in [3.05, 3.63) is 50.2 Å². The van der Waals surface area contributed by atoms with Crippen molar-refractivity contribution in [3.63, 3.8) is 0 Å². The van der Waals surface area contributed by atoms with Gasteiger partial charge in [-0.3, -0.25) is 19.7 Å². The van der Waals surface area contributed by atoms with E-state index in [2.05, 4.69) is 5.32 Å². The Bertz CT molecular complexity index is 1010. The van der Waals surface area contributed by atoms with Gasteiger partial charge in [0.2, 0.25) is 15.8 Å². The monoisotopic (exact) mass is 427 g/mol. The second-order valence-corrected chi connectivity index (χ2v) is 8.56. The number of thiophene rings is 1. The van der Waals surface area contributed by atoms with E-state index >= 15 is 0 Å². The van der Waals surface area contributed by atoms with Gasteiger partial charge in [0.1, 0.15) is 12.2 Å². The van der Waals surface area contributed by atoms with Gasteiger partial charge in [-0.05, 0) is 31.2 Å². The van der Waals surface area contributed by atoms with E-state index in [0.29, 0.717) is 4.88 Å². The number of aryl methyl sites for hydroxylation is 1. The number of hydrogen-bond acceptors (Lipinski definition) is 9. The number of hydrogen-bond donors (Lipinski definition) is 2. The molecular formula is C16H17N3O7S2. The van der Waals surface area contributed by atoms with Crippen molar-refractivity contribution in [2.45, 2.75) is 11.8 Å². The molecule has 0 radical (unpaired) electrons. The fraction of sp³-hybridized carbons (Fsp3) is 0.250. The number of ether oxygens (including phenoxy) is 1. The van der Waals surface area contributed by atoms with Crippen LogP contribution in [0.4, 0.5) is 11.4 Å². The molecule has 0 saturated heterocycles. The van der Waals surface area contributed by atoms with Gasteiger partial charge in [0.25, 0.3) is 5.69 Å². The number of carbonyl (C=O) groups excluding carboxylic acids is 2. The van der Waals surface area contributed by atoms with E-state index in [1.807, 2.05) is 11.6 Å². The number of ketones is 1. The van der Waals surface area contributed by atoms with Crippen molar-refractivity contribution in [3.8, 4) is 0 Å². The van der Waals surface area contributed by atoms with E-state index in [9.17, 15) is 28.1 Å². The number of benzene rings is 1. The summed E-state index contributed by atoms with van der Waals surface area (Å²) in [6, 6.07) is 6.65. The molecule has 12 heteroatoms. The van der Waals surface area contributed by atoms with E-state index in [-0.39, 0.29) is 10.6 Å². The largest absolute Gasteiger partial charge is 0.456 e. The summed E-state index contributed by atoms with van der Waals surface area (Å²) < 4.78 is 31.3. The van der Waals surface area contributed by atoms with Crippen LogP contribution in [0.25, 0.3) is 0 Å². The smallest absolute Gasteiger partial charge is 0.321 e. The third-order valence-corrected chi connectivity index (χ3v) is 5.97. The van der Waals surface area contributed by atoms with Gasteiger partial charge in [0.15, 0.2) is 6.61 Å². The van der Waals surface area contributed by atoms with Crippen LogP contribution in [0.3, 0.4) is 0 Å². The third kappa shape index (κ3) is 5.34. The molecule has 2 N–H and O–H groups in total. The van der Waals surface area contributed by atoms with Crippen molar-refractivity contribution >= 4 is 44.5 Å². The fourth-order valence-electron chi connectivity index (χ4n) is 2.13. The molecule has 0 aliphatic heterocycles. The Labute approximate surface area is 164 Å². The summed E-state index contributed by atoms with van der Waals surface area (Å²) in [7, 11) is -2.73. The lowest BCUT2D eigenvalue weighted by Gasteiger charge is -2.08. The van der Waals surface area contributed by atoms with E-state index < -0.39 is 45.5 Å². The Hall–Kier alpha value is -2.83. The van der Waals surface area contributed by atoms with Crippen molar-refractivity contribution in [2.75, 3.05) is 25.5 Å². The lowest BCUT2D eigenvalue weighted by molar-refractivity contribution is -0.384. The van der Waals surface area contributed by atoms with Gasteiger partial charge >= 0.3 is 5.97 Å². The third-order valence-electron chi connectivity index (χ3n) is 3.53. The minimum absolute atomic E-state index is 0.144. The number of anilines is 1. The molecule has 0 aliphatic carbocycles. The molecule has 1 aromatic heterocycles. The topological polar surface area (TPSA) is 145 Å². The summed E-state index contributed by atoms with van der Waals surface area (Å²) in [5.41, 5.74) is -0.282. The number of rotatable bonds is 9. The number of nitro benzene ring substituents is 1. The highest BCUT2D eigenvalue weighted by Gasteiger charge is 2.22. The highest BCUT2D eigenvalue weighted by molar-refractivity contribution is 7.89. The molecule has 2 aromatic rings. The van der Waals surface area contributed by atoms with Gasteiger partial charge in [-0.2, -0.15) is 4.72 Å². The highest BCUT2D eigenvalue weighted by atomic mass is 32.2. The maximum atomic E-state index is 12.2. The molecule has 0 fully saturated rings. The molecule has 28 heavy (non-hydrogen) atoms. The molecule has 2 rings (SSSR count). The zero-order valence-corrected chi connectivity index (χ0v) is 16.6. The van der Waals surface area contributed by atoms with E-state index in [1.54, 1.807) is 12.1 Å². The first-order chi connectivity index (χ1) is 13.1. The predicted octanol–water partition coefficient (Wildman–Crippen LogP) is 1.71.